The third-order valence-corrected chi connectivity index (χ3v) is 1.81. The van der Waals surface area contributed by atoms with Gasteiger partial charge in [0.05, 0.1) is 6.42 Å². The van der Waals surface area contributed by atoms with Gasteiger partial charge in [-0.1, -0.05) is 6.92 Å². The highest BCUT2D eigenvalue weighted by atomic mass is 16.6. The van der Waals surface area contributed by atoms with Crippen molar-refractivity contribution in [2.24, 2.45) is 4.99 Å². The maximum atomic E-state index is 11.1. The van der Waals surface area contributed by atoms with Crippen molar-refractivity contribution < 1.29 is 28.7 Å². The maximum Gasteiger partial charge on any atom is 0.380 e. The number of ether oxygens (including phenoxy) is 2. The Labute approximate surface area is 111 Å². The van der Waals surface area contributed by atoms with Crippen molar-refractivity contribution >= 4 is 29.6 Å². The average molecular weight is 271 g/mol. The number of hydrogen-bond donors (Lipinski definition) is 0. The van der Waals surface area contributed by atoms with Crippen molar-refractivity contribution in [3.63, 3.8) is 0 Å². The molecule has 0 aliphatic rings. The van der Waals surface area contributed by atoms with Crippen molar-refractivity contribution in [3.8, 4) is 0 Å². The van der Waals surface area contributed by atoms with Gasteiger partial charge in [0.1, 0.15) is 0 Å². The monoisotopic (exact) mass is 271 g/mol. The molecule has 0 bridgehead atoms. The predicted molar refractivity (Wildman–Crippen MR) is 65.4 cm³/mol. The molecule has 0 fully saturated rings. The van der Waals surface area contributed by atoms with Gasteiger partial charge in [-0.25, -0.2) is 4.79 Å². The molecule has 0 amide bonds. The molecule has 0 aromatic rings. The summed E-state index contributed by atoms with van der Waals surface area (Å²) in [7, 11) is 0. The fourth-order valence-electron chi connectivity index (χ4n) is 0.998. The van der Waals surface area contributed by atoms with Crippen LogP contribution in [0.1, 0.15) is 40.0 Å². The second-order valence-corrected chi connectivity index (χ2v) is 3.69. The molecule has 7 nitrogen and oxygen atoms in total. The summed E-state index contributed by atoms with van der Waals surface area (Å²) < 4.78 is 9.06. The van der Waals surface area contributed by atoms with Gasteiger partial charge in [-0.3, -0.25) is 19.4 Å². The van der Waals surface area contributed by atoms with E-state index in [9.17, 15) is 19.2 Å². The minimum Gasteiger partial charge on any atom is -0.406 e. The number of aliphatic imine (C=N–C) groups is 1. The SMILES string of the molecule is CCCN=C(CCC(=O)OC(C)=O)OC(=O)C(C)=O. The van der Waals surface area contributed by atoms with E-state index in [4.69, 9.17) is 4.74 Å². The fraction of sp³-hybridized carbons (Fsp3) is 0.583. The lowest BCUT2D eigenvalue weighted by atomic mass is 10.3. The Kier molecular flexibility index (Phi) is 7.99. The van der Waals surface area contributed by atoms with Gasteiger partial charge in [0.25, 0.3) is 0 Å². The smallest absolute Gasteiger partial charge is 0.380 e. The van der Waals surface area contributed by atoms with E-state index < -0.39 is 23.7 Å². The van der Waals surface area contributed by atoms with E-state index >= 15 is 0 Å². The third kappa shape index (κ3) is 8.64. The van der Waals surface area contributed by atoms with Crippen molar-refractivity contribution in [2.45, 2.75) is 40.0 Å². The number of Topliss-reactive ketones (excluding diaryl/α,β-unsaturated/α-hetero) is 1. The Morgan fingerprint density at radius 3 is 2.11 bits per heavy atom. The van der Waals surface area contributed by atoms with Crippen LogP contribution in [0.25, 0.3) is 0 Å². The van der Waals surface area contributed by atoms with Crippen LogP contribution >= 0.6 is 0 Å². The second kappa shape index (κ2) is 8.96. The van der Waals surface area contributed by atoms with Gasteiger partial charge in [0.15, 0.2) is 5.90 Å². The van der Waals surface area contributed by atoms with E-state index in [1.807, 2.05) is 6.92 Å². The Morgan fingerprint density at radius 1 is 1.00 bits per heavy atom. The first-order chi connectivity index (χ1) is 8.86. The minimum absolute atomic E-state index is 0.00880. The Balaban J connectivity index is 4.44. The molecule has 0 aromatic carbocycles. The van der Waals surface area contributed by atoms with Crippen molar-refractivity contribution in [1.82, 2.24) is 0 Å². The highest BCUT2D eigenvalue weighted by Crippen LogP contribution is 2.00. The summed E-state index contributed by atoms with van der Waals surface area (Å²) in [4.78, 5) is 47.5. The van der Waals surface area contributed by atoms with Crippen LogP contribution in [0.5, 0.6) is 0 Å². The summed E-state index contributed by atoms with van der Waals surface area (Å²) in [6.45, 7) is 4.46. The van der Waals surface area contributed by atoms with Crippen LogP contribution in [-0.4, -0.2) is 36.1 Å². The molecule has 0 saturated carbocycles. The summed E-state index contributed by atoms with van der Waals surface area (Å²) in [5, 5.41) is 0. The minimum atomic E-state index is -1.03. The van der Waals surface area contributed by atoms with Crippen molar-refractivity contribution in [1.29, 1.82) is 0 Å². The number of nitrogens with zero attached hydrogens (tertiary/aromatic N) is 1. The molecule has 0 aliphatic carbocycles. The molecule has 0 unspecified atom stereocenters. The molecule has 0 aliphatic heterocycles. The largest absolute Gasteiger partial charge is 0.406 e. The first kappa shape index (κ1) is 16.9. The van der Waals surface area contributed by atoms with Gasteiger partial charge in [0, 0.05) is 26.8 Å². The summed E-state index contributed by atoms with van der Waals surface area (Å²) in [5.74, 6) is -3.25. The van der Waals surface area contributed by atoms with Gasteiger partial charge in [0.2, 0.25) is 5.78 Å². The zero-order chi connectivity index (χ0) is 14.8. The highest BCUT2D eigenvalue weighted by molar-refractivity contribution is 6.34. The van der Waals surface area contributed by atoms with Gasteiger partial charge < -0.3 is 9.47 Å². The highest BCUT2D eigenvalue weighted by Gasteiger charge is 2.15. The van der Waals surface area contributed by atoms with E-state index in [0.29, 0.717) is 6.54 Å². The molecule has 0 spiro atoms. The molecule has 0 atom stereocenters. The van der Waals surface area contributed by atoms with Gasteiger partial charge in [-0.05, 0) is 6.42 Å². The standard InChI is InChI=1S/C12H17NO6/c1-4-7-13-10(19-12(17)8(2)14)5-6-11(16)18-9(3)15/h4-7H2,1-3H3. The van der Waals surface area contributed by atoms with E-state index in [1.54, 1.807) is 0 Å². The molecular weight excluding hydrogens is 254 g/mol. The lowest BCUT2D eigenvalue weighted by molar-refractivity contribution is -0.158. The van der Waals surface area contributed by atoms with Crippen LogP contribution in [-0.2, 0) is 28.7 Å². The molecule has 19 heavy (non-hydrogen) atoms. The topological polar surface area (TPSA) is 99.1 Å². The molecule has 0 saturated heterocycles. The van der Waals surface area contributed by atoms with Crippen molar-refractivity contribution in [3.05, 3.63) is 0 Å². The lowest BCUT2D eigenvalue weighted by Gasteiger charge is -2.05. The summed E-state index contributed by atoms with van der Waals surface area (Å²) >= 11 is 0. The number of ketones is 1. The van der Waals surface area contributed by atoms with Crippen LogP contribution < -0.4 is 0 Å². The van der Waals surface area contributed by atoms with E-state index in [-0.39, 0.29) is 18.7 Å². The van der Waals surface area contributed by atoms with Gasteiger partial charge in [-0.2, -0.15) is 0 Å². The predicted octanol–water partition coefficient (Wildman–Crippen LogP) is 0.797. The first-order valence-electron chi connectivity index (χ1n) is 5.84. The zero-order valence-corrected chi connectivity index (χ0v) is 11.2. The molecule has 7 heteroatoms. The third-order valence-electron chi connectivity index (χ3n) is 1.81. The second-order valence-electron chi connectivity index (χ2n) is 3.69. The molecule has 0 N–H and O–H groups in total. The number of carbonyl (C=O) groups is 4. The van der Waals surface area contributed by atoms with E-state index in [1.165, 1.54) is 0 Å². The van der Waals surface area contributed by atoms with Crippen LogP contribution in [0.4, 0.5) is 0 Å². The normalized spacial score (nSPS) is 10.8. The van der Waals surface area contributed by atoms with Crippen LogP contribution in [0, 0.1) is 0 Å². The summed E-state index contributed by atoms with van der Waals surface area (Å²) in [6, 6.07) is 0. The summed E-state index contributed by atoms with van der Waals surface area (Å²) in [6.07, 6.45) is 0.553. The molecular formula is C12H17NO6. The number of esters is 3. The maximum absolute atomic E-state index is 11.1. The number of carbonyl (C=O) groups excluding carboxylic acids is 4. The Bertz CT molecular complexity index is 399. The average Bonchev–Trinajstić information content (AvgIpc) is 2.31. The van der Waals surface area contributed by atoms with Crippen molar-refractivity contribution in [2.75, 3.05) is 6.54 Å². The van der Waals surface area contributed by atoms with Crippen LogP contribution in [0.2, 0.25) is 0 Å². The molecule has 0 heterocycles. The fourth-order valence-corrected chi connectivity index (χ4v) is 0.998. The Morgan fingerprint density at radius 2 is 1.63 bits per heavy atom. The molecule has 106 valence electrons. The summed E-state index contributed by atoms with van der Waals surface area (Å²) in [5.41, 5.74) is 0. The molecule has 0 radical (unpaired) electrons. The van der Waals surface area contributed by atoms with E-state index in [2.05, 4.69) is 9.73 Å². The van der Waals surface area contributed by atoms with Gasteiger partial charge >= 0.3 is 17.9 Å². The Hall–Kier alpha value is -2.05. The first-order valence-corrected chi connectivity index (χ1v) is 5.84. The molecule has 0 rings (SSSR count). The lowest BCUT2D eigenvalue weighted by Crippen LogP contribution is -2.20. The van der Waals surface area contributed by atoms with Gasteiger partial charge in [-0.15, -0.1) is 0 Å². The molecule has 0 aromatic heterocycles. The number of hydrogen-bond acceptors (Lipinski definition) is 7. The van der Waals surface area contributed by atoms with Crippen LogP contribution in [0.3, 0.4) is 0 Å². The number of rotatable bonds is 6. The quantitative estimate of drug-likeness (QED) is 0.233. The zero-order valence-electron chi connectivity index (χ0n) is 11.2. The van der Waals surface area contributed by atoms with Crippen LogP contribution in [0.15, 0.2) is 4.99 Å². The van der Waals surface area contributed by atoms with E-state index in [0.717, 1.165) is 20.3 Å².